The summed E-state index contributed by atoms with van der Waals surface area (Å²) in [6.07, 6.45) is 3.46. The van der Waals surface area contributed by atoms with E-state index in [1.807, 2.05) is 0 Å². The first-order chi connectivity index (χ1) is 5.09. The van der Waals surface area contributed by atoms with Crippen LogP contribution in [0.4, 0.5) is 0 Å². The average Bonchev–Trinajstić information content (AvgIpc) is 1.85. The van der Waals surface area contributed by atoms with Crippen molar-refractivity contribution in [2.75, 3.05) is 0 Å². The molecule has 66 valence electrons. The van der Waals surface area contributed by atoms with Gasteiger partial charge in [-0.25, -0.2) is 0 Å². The van der Waals surface area contributed by atoms with Crippen LogP contribution >= 0.6 is 0 Å². The molecule has 1 aliphatic heterocycles. The van der Waals surface area contributed by atoms with Gasteiger partial charge >= 0.3 is 0 Å². The number of hydrogen-bond donors (Lipinski definition) is 0. The summed E-state index contributed by atoms with van der Waals surface area (Å²) in [6.45, 7) is 9.00. The summed E-state index contributed by atoms with van der Waals surface area (Å²) in [7, 11) is 0. The Morgan fingerprint density at radius 3 is 1.91 bits per heavy atom. The standard InChI is InChI=1S/C10H20O/c1-7(2)10-5-8(3)11-9(4)6-10/h7-10H,5-6H2,1-4H3. The monoisotopic (exact) mass is 156 g/mol. The average molecular weight is 156 g/mol. The predicted molar refractivity (Wildman–Crippen MR) is 47.6 cm³/mol. The van der Waals surface area contributed by atoms with Gasteiger partial charge < -0.3 is 4.74 Å². The third-order valence-corrected chi connectivity index (χ3v) is 2.68. The lowest BCUT2D eigenvalue weighted by atomic mass is 9.84. The minimum absolute atomic E-state index is 0.478. The molecule has 1 rings (SSSR count). The first-order valence-electron chi connectivity index (χ1n) is 4.75. The van der Waals surface area contributed by atoms with Gasteiger partial charge in [0, 0.05) is 0 Å². The molecule has 0 saturated carbocycles. The zero-order valence-electron chi connectivity index (χ0n) is 8.13. The van der Waals surface area contributed by atoms with Crippen LogP contribution in [0, 0.1) is 11.8 Å². The highest BCUT2D eigenvalue weighted by Gasteiger charge is 2.25. The van der Waals surface area contributed by atoms with E-state index in [2.05, 4.69) is 27.7 Å². The smallest absolute Gasteiger partial charge is 0.0553 e. The van der Waals surface area contributed by atoms with Crippen molar-refractivity contribution < 1.29 is 4.74 Å². The van der Waals surface area contributed by atoms with Crippen LogP contribution in [0.3, 0.4) is 0 Å². The summed E-state index contributed by atoms with van der Waals surface area (Å²) >= 11 is 0. The molecule has 0 aromatic rings. The molecule has 0 spiro atoms. The van der Waals surface area contributed by atoms with Gasteiger partial charge in [-0.1, -0.05) is 13.8 Å². The molecule has 1 fully saturated rings. The summed E-state index contributed by atoms with van der Waals surface area (Å²) in [5.74, 6) is 1.71. The van der Waals surface area contributed by atoms with Gasteiger partial charge in [0.15, 0.2) is 0 Å². The van der Waals surface area contributed by atoms with Crippen LogP contribution < -0.4 is 0 Å². The van der Waals surface area contributed by atoms with E-state index in [1.165, 1.54) is 12.8 Å². The molecule has 2 unspecified atom stereocenters. The Balaban J connectivity index is 2.43. The zero-order valence-corrected chi connectivity index (χ0v) is 8.13. The molecule has 0 aromatic heterocycles. The van der Waals surface area contributed by atoms with Crippen molar-refractivity contribution in [2.24, 2.45) is 11.8 Å². The third-order valence-electron chi connectivity index (χ3n) is 2.68. The van der Waals surface area contributed by atoms with Gasteiger partial charge in [0.1, 0.15) is 0 Å². The summed E-state index contributed by atoms with van der Waals surface area (Å²) < 4.78 is 5.67. The van der Waals surface area contributed by atoms with Gasteiger partial charge in [-0.3, -0.25) is 0 Å². The number of hydrogen-bond acceptors (Lipinski definition) is 1. The fourth-order valence-corrected chi connectivity index (χ4v) is 2.00. The molecule has 0 N–H and O–H groups in total. The van der Waals surface area contributed by atoms with Crippen molar-refractivity contribution >= 4 is 0 Å². The molecule has 11 heavy (non-hydrogen) atoms. The predicted octanol–water partition coefficient (Wildman–Crippen LogP) is 2.85. The normalized spacial score (nSPS) is 39.5. The minimum Gasteiger partial charge on any atom is -0.376 e. The number of ether oxygens (including phenoxy) is 1. The van der Waals surface area contributed by atoms with Gasteiger partial charge in [0.05, 0.1) is 12.2 Å². The van der Waals surface area contributed by atoms with E-state index in [4.69, 9.17) is 4.74 Å². The van der Waals surface area contributed by atoms with Crippen molar-refractivity contribution in [3.05, 3.63) is 0 Å². The van der Waals surface area contributed by atoms with Gasteiger partial charge in [-0.05, 0) is 38.5 Å². The summed E-state index contributed by atoms with van der Waals surface area (Å²) in [5.41, 5.74) is 0. The van der Waals surface area contributed by atoms with E-state index in [9.17, 15) is 0 Å². The molecule has 1 saturated heterocycles. The van der Waals surface area contributed by atoms with E-state index in [0.29, 0.717) is 12.2 Å². The second kappa shape index (κ2) is 3.57. The molecule has 1 nitrogen and oxygen atoms in total. The molecule has 0 aromatic carbocycles. The molecule has 1 aliphatic rings. The molecule has 2 atom stereocenters. The molecule has 1 heteroatoms. The van der Waals surface area contributed by atoms with Crippen LogP contribution in [0.1, 0.15) is 40.5 Å². The Bertz CT molecular complexity index is 110. The van der Waals surface area contributed by atoms with Crippen molar-refractivity contribution in [2.45, 2.75) is 52.7 Å². The maximum absolute atomic E-state index is 5.67. The van der Waals surface area contributed by atoms with Crippen LogP contribution in [0.25, 0.3) is 0 Å². The molecular weight excluding hydrogens is 136 g/mol. The van der Waals surface area contributed by atoms with Gasteiger partial charge in [0.25, 0.3) is 0 Å². The van der Waals surface area contributed by atoms with Crippen LogP contribution in [0.5, 0.6) is 0 Å². The first kappa shape index (κ1) is 9.05. The molecule has 1 heterocycles. The second-order valence-corrected chi connectivity index (χ2v) is 4.23. The van der Waals surface area contributed by atoms with Crippen molar-refractivity contribution in [3.8, 4) is 0 Å². The maximum Gasteiger partial charge on any atom is 0.0553 e. The topological polar surface area (TPSA) is 9.23 Å². The Hall–Kier alpha value is -0.0400. The fourth-order valence-electron chi connectivity index (χ4n) is 2.00. The van der Waals surface area contributed by atoms with E-state index < -0.39 is 0 Å². The number of rotatable bonds is 1. The summed E-state index contributed by atoms with van der Waals surface area (Å²) in [5, 5.41) is 0. The van der Waals surface area contributed by atoms with E-state index in [-0.39, 0.29) is 0 Å². The van der Waals surface area contributed by atoms with Crippen molar-refractivity contribution in [1.29, 1.82) is 0 Å². The SMILES string of the molecule is CC1CC(C(C)C)CC(C)O1. The molecule has 0 amide bonds. The van der Waals surface area contributed by atoms with Gasteiger partial charge in [-0.15, -0.1) is 0 Å². The van der Waals surface area contributed by atoms with E-state index >= 15 is 0 Å². The zero-order chi connectivity index (χ0) is 8.43. The summed E-state index contributed by atoms with van der Waals surface area (Å²) in [6, 6.07) is 0. The third kappa shape index (κ3) is 2.48. The highest BCUT2D eigenvalue weighted by Crippen LogP contribution is 2.29. The van der Waals surface area contributed by atoms with Crippen molar-refractivity contribution in [3.63, 3.8) is 0 Å². The van der Waals surface area contributed by atoms with E-state index in [0.717, 1.165) is 11.8 Å². The molecule has 0 radical (unpaired) electrons. The highest BCUT2D eigenvalue weighted by molar-refractivity contribution is 4.75. The summed E-state index contributed by atoms with van der Waals surface area (Å²) in [4.78, 5) is 0. The Morgan fingerprint density at radius 2 is 1.55 bits per heavy atom. The Kier molecular flexibility index (Phi) is 2.94. The van der Waals surface area contributed by atoms with Crippen LogP contribution in [0.15, 0.2) is 0 Å². The van der Waals surface area contributed by atoms with Crippen LogP contribution in [-0.4, -0.2) is 12.2 Å². The van der Waals surface area contributed by atoms with Crippen molar-refractivity contribution in [1.82, 2.24) is 0 Å². The lowest BCUT2D eigenvalue weighted by molar-refractivity contribution is -0.0605. The lowest BCUT2D eigenvalue weighted by Gasteiger charge is -2.34. The largest absolute Gasteiger partial charge is 0.376 e. The molecule has 0 aliphatic carbocycles. The van der Waals surface area contributed by atoms with E-state index in [1.54, 1.807) is 0 Å². The molecular formula is C10H20O. The Labute approximate surface area is 70.1 Å². The van der Waals surface area contributed by atoms with Crippen LogP contribution in [-0.2, 0) is 4.74 Å². The van der Waals surface area contributed by atoms with Gasteiger partial charge in [0.2, 0.25) is 0 Å². The fraction of sp³-hybridized carbons (Fsp3) is 1.00. The van der Waals surface area contributed by atoms with Gasteiger partial charge in [-0.2, -0.15) is 0 Å². The second-order valence-electron chi connectivity index (χ2n) is 4.23. The Morgan fingerprint density at radius 1 is 1.09 bits per heavy atom. The maximum atomic E-state index is 5.67. The quantitative estimate of drug-likeness (QED) is 0.567. The molecule has 0 bridgehead atoms. The first-order valence-corrected chi connectivity index (χ1v) is 4.75. The van der Waals surface area contributed by atoms with Crippen LogP contribution in [0.2, 0.25) is 0 Å². The minimum atomic E-state index is 0.478. The lowest BCUT2D eigenvalue weighted by Crippen LogP contribution is -2.31. The highest BCUT2D eigenvalue weighted by atomic mass is 16.5.